The zero-order valence-corrected chi connectivity index (χ0v) is 12.8. The van der Waals surface area contributed by atoms with Gasteiger partial charge in [0, 0.05) is 12.6 Å². The molecule has 0 bridgehead atoms. The molecule has 0 spiro atoms. The summed E-state index contributed by atoms with van der Waals surface area (Å²) in [6.45, 7) is 5.65. The first-order valence-electron chi connectivity index (χ1n) is 6.38. The molecule has 108 valence electrons. The Morgan fingerprint density at radius 3 is 2.42 bits per heavy atom. The van der Waals surface area contributed by atoms with E-state index >= 15 is 0 Å². The van der Waals surface area contributed by atoms with E-state index in [9.17, 15) is 0 Å². The lowest BCUT2D eigenvalue weighted by atomic mass is 10.0. The highest BCUT2D eigenvalue weighted by Gasteiger charge is 2.19. The number of rotatable bonds is 7. The highest BCUT2D eigenvalue weighted by molar-refractivity contribution is 6.33. The molecule has 0 aromatic heterocycles. The molecule has 1 atom stereocenters. The molecular weight excluding hydrogens is 264 g/mol. The normalized spacial score (nSPS) is 12.6. The van der Waals surface area contributed by atoms with Gasteiger partial charge in [-0.05, 0) is 24.1 Å². The number of halogens is 1. The fourth-order valence-corrected chi connectivity index (χ4v) is 2.24. The molecular formula is C14H23ClN2O2. The van der Waals surface area contributed by atoms with Crippen molar-refractivity contribution in [3.63, 3.8) is 0 Å². The van der Waals surface area contributed by atoms with Gasteiger partial charge in [-0.2, -0.15) is 0 Å². The maximum absolute atomic E-state index is 6.38. The van der Waals surface area contributed by atoms with E-state index in [2.05, 4.69) is 19.2 Å². The number of methoxy groups -OCH3 is 2. The molecule has 0 aliphatic heterocycles. The minimum atomic E-state index is 0.00899. The van der Waals surface area contributed by atoms with Gasteiger partial charge in [0.1, 0.15) is 0 Å². The molecule has 0 heterocycles. The van der Waals surface area contributed by atoms with Gasteiger partial charge in [0.15, 0.2) is 11.5 Å². The average molecular weight is 287 g/mol. The summed E-state index contributed by atoms with van der Waals surface area (Å²) in [7, 11) is 3.16. The van der Waals surface area contributed by atoms with E-state index in [0.717, 1.165) is 12.1 Å². The predicted molar refractivity (Wildman–Crippen MR) is 79.2 cm³/mol. The molecule has 1 rings (SSSR count). The molecule has 1 unspecified atom stereocenters. The molecule has 1 aromatic rings. The third-order valence-corrected chi connectivity index (χ3v) is 3.29. The van der Waals surface area contributed by atoms with E-state index in [4.69, 9.17) is 26.8 Å². The molecule has 0 amide bonds. The third kappa shape index (κ3) is 4.00. The van der Waals surface area contributed by atoms with Crippen LogP contribution >= 0.6 is 11.6 Å². The van der Waals surface area contributed by atoms with Gasteiger partial charge in [-0.15, -0.1) is 0 Å². The average Bonchev–Trinajstić information content (AvgIpc) is 2.40. The minimum absolute atomic E-state index is 0.00899. The van der Waals surface area contributed by atoms with Crippen molar-refractivity contribution in [3.8, 4) is 11.5 Å². The second-order valence-electron chi connectivity index (χ2n) is 4.79. The third-order valence-electron chi connectivity index (χ3n) is 2.90. The van der Waals surface area contributed by atoms with Crippen LogP contribution in [0.3, 0.4) is 0 Å². The Hall–Kier alpha value is -0.970. The summed E-state index contributed by atoms with van der Waals surface area (Å²) < 4.78 is 10.5. The van der Waals surface area contributed by atoms with Crippen molar-refractivity contribution >= 4 is 11.6 Å². The zero-order chi connectivity index (χ0) is 14.4. The second-order valence-corrected chi connectivity index (χ2v) is 5.17. The number of hydrogen-bond donors (Lipinski definition) is 2. The van der Waals surface area contributed by atoms with Gasteiger partial charge in [0.2, 0.25) is 0 Å². The van der Waals surface area contributed by atoms with Gasteiger partial charge in [0.05, 0.1) is 19.2 Å². The van der Waals surface area contributed by atoms with Gasteiger partial charge in [-0.3, -0.25) is 0 Å². The smallest absolute Gasteiger partial charge is 0.179 e. The first kappa shape index (κ1) is 16.1. The van der Waals surface area contributed by atoms with Gasteiger partial charge < -0.3 is 20.5 Å². The molecule has 3 N–H and O–H groups in total. The Labute approximate surface area is 120 Å². The van der Waals surface area contributed by atoms with Crippen molar-refractivity contribution in [1.29, 1.82) is 0 Å². The summed E-state index contributed by atoms with van der Waals surface area (Å²) in [5.41, 5.74) is 6.76. The Balaban J connectivity index is 3.04. The Bertz CT molecular complexity index is 411. The van der Waals surface area contributed by atoms with Gasteiger partial charge in [-0.25, -0.2) is 0 Å². The van der Waals surface area contributed by atoms with Gasteiger partial charge in [-0.1, -0.05) is 31.5 Å². The standard InChI is InChI=1S/C14H23ClN2O2/c1-9(2)8-17-11(7-16)10-5-6-12(18-3)14(19-4)13(10)15/h5-6,9,11,17H,7-8,16H2,1-4H3. The van der Waals surface area contributed by atoms with Crippen LogP contribution in [0.1, 0.15) is 25.5 Å². The number of nitrogens with one attached hydrogen (secondary N) is 1. The lowest BCUT2D eigenvalue weighted by molar-refractivity contribution is 0.354. The molecule has 0 radical (unpaired) electrons. The van der Waals surface area contributed by atoms with Gasteiger partial charge >= 0.3 is 0 Å². The summed E-state index contributed by atoms with van der Waals surface area (Å²) in [4.78, 5) is 0. The Morgan fingerprint density at radius 2 is 1.95 bits per heavy atom. The van der Waals surface area contributed by atoms with Crippen molar-refractivity contribution in [2.45, 2.75) is 19.9 Å². The number of hydrogen-bond acceptors (Lipinski definition) is 4. The largest absolute Gasteiger partial charge is 0.493 e. The first-order chi connectivity index (χ1) is 9.04. The van der Waals surface area contributed by atoms with Crippen LogP contribution in [0.15, 0.2) is 12.1 Å². The first-order valence-corrected chi connectivity index (χ1v) is 6.76. The monoisotopic (exact) mass is 286 g/mol. The van der Waals surface area contributed by atoms with Crippen LogP contribution in [0.25, 0.3) is 0 Å². The minimum Gasteiger partial charge on any atom is -0.493 e. The SMILES string of the molecule is COc1ccc(C(CN)NCC(C)C)c(Cl)c1OC. The molecule has 0 fully saturated rings. The van der Waals surface area contributed by atoms with Crippen LogP contribution < -0.4 is 20.5 Å². The van der Waals surface area contributed by atoms with Crippen molar-refractivity contribution in [3.05, 3.63) is 22.7 Å². The molecule has 0 saturated heterocycles. The maximum Gasteiger partial charge on any atom is 0.179 e. The summed E-state index contributed by atoms with van der Waals surface area (Å²) in [6, 6.07) is 3.78. The van der Waals surface area contributed by atoms with Crippen LogP contribution in [0.5, 0.6) is 11.5 Å². The van der Waals surface area contributed by atoms with Crippen LogP contribution in [0, 0.1) is 5.92 Å². The molecule has 0 saturated carbocycles. The molecule has 4 nitrogen and oxygen atoms in total. The van der Waals surface area contributed by atoms with E-state index in [1.165, 1.54) is 0 Å². The van der Waals surface area contributed by atoms with E-state index in [-0.39, 0.29) is 6.04 Å². The molecule has 0 aliphatic carbocycles. The van der Waals surface area contributed by atoms with Crippen LogP contribution in [-0.2, 0) is 0 Å². The maximum atomic E-state index is 6.38. The van der Waals surface area contributed by atoms with Crippen LogP contribution in [0.4, 0.5) is 0 Å². The molecule has 1 aromatic carbocycles. The van der Waals surface area contributed by atoms with Gasteiger partial charge in [0.25, 0.3) is 0 Å². The summed E-state index contributed by atoms with van der Waals surface area (Å²) in [5.74, 6) is 1.72. The Morgan fingerprint density at radius 1 is 1.26 bits per heavy atom. The summed E-state index contributed by atoms with van der Waals surface area (Å²) in [6.07, 6.45) is 0. The zero-order valence-electron chi connectivity index (χ0n) is 12.0. The second kappa shape index (κ2) is 7.58. The number of ether oxygens (including phenoxy) is 2. The lowest BCUT2D eigenvalue weighted by Gasteiger charge is -2.21. The van der Waals surface area contributed by atoms with Crippen LogP contribution in [-0.4, -0.2) is 27.3 Å². The fourth-order valence-electron chi connectivity index (χ4n) is 1.87. The van der Waals surface area contributed by atoms with E-state index in [1.807, 2.05) is 12.1 Å². The lowest BCUT2D eigenvalue weighted by Crippen LogP contribution is -2.31. The topological polar surface area (TPSA) is 56.5 Å². The van der Waals surface area contributed by atoms with Crippen molar-refractivity contribution in [1.82, 2.24) is 5.32 Å². The van der Waals surface area contributed by atoms with Crippen LogP contribution in [0.2, 0.25) is 5.02 Å². The van der Waals surface area contributed by atoms with Crippen molar-refractivity contribution < 1.29 is 9.47 Å². The highest BCUT2D eigenvalue weighted by atomic mass is 35.5. The Kier molecular flexibility index (Phi) is 6.42. The number of benzene rings is 1. The molecule has 19 heavy (non-hydrogen) atoms. The molecule has 5 heteroatoms. The quantitative estimate of drug-likeness (QED) is 0.809. The molecule has 0 aliphatic rings. The van der Waals surface area contributed by atoms with E-state index in [1.54, 1.807) is 14.2 Å². The highest BCUT2D eigenvalue weighted by Crippen LogP contribution is 2.39. The number of nitrogens with two attached hydrogens (primary N) is 1. The van der Waals surface area contributed by atoms with Crippen molar-refractivity contribution in [2.75, 3.05) is 27.3 Å². The van der Waals surface area contributed by atoms with E-state index < -0.39 is 0 Å². The van der Waals surface area contributed by atoms with Crippen molar-refractivity contribution in [2.24, 2.45) is 11.7 Å². The summed E-state index contributed by atoms with van der Waals surface area (Å²) >= 11 is 6.38. The summed E-state index contributed by atoms with van der Waals surface area (Å²) in [5, 5.41) is 3.96. The predicted octanol–water partition coefficient (Wildman–Crippen LogP) is 2.60. The fraction of sp³-hybridized carbons (Fsp3) is 0.571. The van der Waals surface area contributed by atoms with E-state index in [0.29, 0.717) is 29.0 Å².